The highest BCUT2D eigenvalue weighted by atomic mass is 16.2. The first kappa shape index (κ1) is 22.3. The fourth-order valence-electron chi connectivity index (χ4n) is 4.15. The first-order valence-electron chi connectivity index (χ1n) is 10.8. The van der Waals surface area contributed by atoms with Crippen LogP contribution in [-0.4, -0.2) is 61.8 Å². The van der Waals surface area contributed by atoms with Crippen LogP contribution in [0.2, 0.25) is 0 Å². The number of amides is 3. The molecule has 0 radical (unpaired) electrons. The van der Waals surface area contributed by atoms with Crippen molar-refractivity contribution in [3.05, 3.63) is 48.3 Å². The summed E-state index contributed by atoms with van der Waals surface area (Å²) in [7, 11) is 0. The number of aromatic nitrogens is 3. The molecule has 10 heteroatoms. The van der Waals surface area contributed by atoms with E-state index in [0.29, 0.717) is 23.1 Å². The second kappa shape index (κ2) is 8.89. The SMILES string of the molecule is CC(C)C(=O)N1C[C@H](c2ccccc2)N(C(=O)C(=O)Nc2cnc(N)c3cn[nH]c23)C[C@H]1C. The van der Waals surface area contributed by atoms with Crippen LogP contribution in [0, 0.1) is 5.92 Å². The first-order chi connectivity index (χ1) is 15.8. The third-order valence-corrected chi connectivity index (χ3v) is 5.92. The van der Waals surface area contributed by atoms with Crippen LogP contribution in [-0.2, 0) is 14.4 Å². The molecule has 4 N–H and O–H groups in total. The molecule has 1 aliphatic heterocycles. The van der Waals surface area contributed by atoms with E-state index in [4.69, 9.17) is 5.73 Å². The summed E-state index contributed by atoms with van der Waals surface area (Å²) < 4.78 is 0. The number of nitrogens with zero attached hydrogens (tertiary/aromatic N) is 4. The lowest BCUT2D eigenvalue weighted by Crippen LogP contribution is -2.59. The number of carbonyl (C=O) groups is 3. The molecule has 0 spiro atoms. The van der Waals surface area contributed by atoms with Gasteiger partial charge in [-0.1, -0.05) is 44.2 Å². The van der Waals surface area contributed by atoms with Crippen molar-refractivity contribution in [2.24, 2.45) is 5.92 Å². The number of H-pyrrole nitrogens is 1. The molecule has 1 aliphatic rings. The quantitative estimate of drug-likeness (QED) is 0.523. The van der Waals surface area contributed by atoms with Gasteiger partial charge in [0.15, 0.2) is 0 Å². The molecule has 1 aromatic carbocycles. The molecule has 3 aromatic rings. The molecule has 1 fully saturated rings. The first-order valence-corrected chi connectivity index (χ1v) is 10.8. The fraction of sp³-hybridized carbons (Fsp3) is 0.348. The molecule has 3 amide bonds. The summed E-state index contributed by atoms with van der Waals surface area (Å²) in [6, 6.07) is 8.76. The van der Waals surface area contributed by atoms with Crippen LogP contribution >= 0.6 is 0 Å². The second-order valence-corrected chi connectivity index (χ2v) is 8.55. The average molecular weight is 450 g/mol. The Morgan fingerprint density at radius 1 is 1.12 bits per heavy atom. The molecular formula is C23H27N7O3. The van der Waals surface area contributed by atoms with Gasteiger partial charge >= 0.3 is 11.8 Å². The lowest BCUT2D eigenvalue weighted by molar-refractivity contribution is -0.152. The zero-order chi connectivity index (χ0) is 23.7. The van der Waals surface area contributed by atoms with Gasteiger partial charge in [-0.25, -0.2) is 4.98 Å². The zero-order valence-corrected chi connectivity index (χ0v) is 18.8. The number of carbonyl (C=O) groups excluding carboxylic acids is 3. The van der Waals surface area contributed by atoms with E-state index in [1.165, 1.54) is 17.3 Å². The van der Waals surface area contributed by atoms with Gasteiger partial charge in [-0.05, 0) is 12.5 Å². The second-order valence-electron chi connectivity index (χ2n) is 8.55. The van der Waals surface area contributed by atoms with Crippen LogP contribution in [0.1, 0.15) is 32.4 Å². The Balaban J connectivity index is 1.61. The highest BCUT2D eigenvalue weighted by molar-refractivity contribution is 6.40. The molecule has 0 saturated carbocycles. The molecule has 0 bridgehead atoms. The number of nitrogens with one attached hydrogen (secondary N) is 2. The van der Waals surface area contributed by atoms with Crippen molar-refractivity contribution in [1.29, 1.82) is 0 Å². The minimum Gasteiger partial charge on any atom is -0.383 e. The van der Waals surface area contributed by atoms with Gasteiger partial charge in [0.05, 0.1) is 35.0 Å². The third-order valence-electron chi connectivity index (χ3n) is 5.92. The fourth-order valence-corrected chi connectivity index (χ4v) is 4.15. The maximum Gasteiger partial charge on any atom is 0.314 e. The van der Waals surface area contributed by atoms with Crippen LogP contribution < -0.4 is 11.1 Å². The number of anilines is 2. The Kier molecular flexibility index (Phi) is 5.99. The Labute approximate surface area is 191 Å². The Morgan fingerprint density at radius 3 is 2.55 bits per heavy atom. The minimum absolute atomic E-state index is 0.0227. The van der Waals surface area contributed by atoms with E-state index in [1.807, 2.05) is 51.1 Å². The number of piperazine rings is 1. The van der Waals surface area contributed by atoms with E-state index in [2.05, 4.69) is 20.5 Å². The molecule has 10 nitrogen and oxygen atoms in total. The van der Waals surface area contributed by atoms with E-state index in [0.717, 1.165) is 5.56 Å². The van der Waals surface area contributed by atoms with Gasteiger partial charge in [0.1, 0.15) is 5.82 Å². The summed E-state index contributed by atoms with van der Waals surface area (Å²) in [5.41, 5.74) is 7.50. The summed E-state index contributed by atoms with van der Waals surface area (Å²) in [6.07, 6.45) is 2.89. The molecule has 2 atom stereocenters. The number of fused-ring (bicyclic) bond motifs is 1. The molecule has 2 aromatic heterocycles. The Bertz CT molecular complexity index is 1190. The van der Waals surface area contributed by atoms with Crippen LogP contribution in [0.4, 0.5) is 11.5 Å². The maximum atomic E-state index is 13.3. The predicted octanol–water partition coefficient (Wildman–Crippen LogP) is 1.94. The van der Waals surface area contributed by atoms with Gasteiger partial charge in [0.2, 0.25) is 5.91 Å². The predicted molar refractivity (Wildman–Crippen MR) is 124 cm³/mol. The van der Waals surface area contributed by atoms with Crippen LogP contribution in [0.25, 0.3) is 10.9 Å². The van der Waals surface area contributed by atoms with Crippen molar-refractivity contribution < 1.29 is 14.4 Å². The van der Waals surface area contributed by atoms with E-state index in [-0.39, 0.29) is 30.2 Å². The number of nitrogens with two attached hydrogens (primary N) is 1. The van der Waals surface area contributed by atoms with Crippen molar-refractivity contribution in [3.8, 4) is 0 Å². The van der Waals surface area contributed by atoms with E-state index in [1.54, 1.807) is 4.90 Å². The monoisotopic (exact) mass is 449 g/mol. The van der Waals surface area contributed by atoms with Gasteiger partial charge in [0, 0.05) is 25.0 Å². The van der Waals surface area contributed by atoms with Crippen LogP contribution in [0.3, 0.4) is 0 Å². The van der Waals surface area contributed by atoms with Crippen molar-refractivity contribution in [2.75, 3.05) is 24.1 Å². The van der Waals surface area contributed by atoms with Gasteiger partial charge in [0.25, 0.3) is 0 Å². The average Bonchev–Trinajstić information content (AvgIpc) is 3.31. The van der Waals surface area contributed by atoms with Crippen molar-refractivity contribution in [3.63, 3.8) is 0 Å². The number of aromatic amines is 1. The Morgan fingerprint density at radius 2 is 1.85 bits per heavy atom. The lowest BCUT2D eigenvalue weighted by atomic mass is 9.98. The number of hydrogen-bond donors (Lipinski definition) is 3. The number of pyridine rings is 1. The van der Waals surface area contributed by atoms with Crippen LogP contribution in [0.5, 0.6) is 0 Å². The number of rotatable bonds is 3. The van der Waals surface area contributed by atoms with Crippen molar-refractivity contribution in [2.45, 2.75) is 32.9 Å². The molecule has 1 saturated heterocycles. The maximum absolute atomic E-state index is 13.3. The summed E-state index contributed by atoms with van der Waals surface area (Å²) in [4.78, 5) is 46.5. The van der Waals surface area contributed by atoms with E-state index in [9.17, 15) is 14.4 Å². The molecule has 3 heterocycles. The molecule has 172 valence electrons. The van der Waals surface area contributed by atoms with Crippen molar-refractivity contribution in [1.82, 2.24) is 25.0 Å². The van der Waals surface area contributed by atoms with Crippen molar-refractivity contribution >= 4 is 40.1 Å². The molecular weight excluding hydrogens is 422 g/mol. The lowest BCUT2D eigenvalue weighted by Gasteiger charge is -2.45. The van der Waals surface area contributed by atoms with Gasteiger partial charge < -0.3 is 20.9 Å². The van der Waals surface area contributed by atoms with Crippen LogP contribution in [0.15, 0.2) is 42.7 Å². The highest BCUT2D eigenvalue weighted by Crippen LogP contribution is 2.30. The highest BCUT2D eigenvalue weighted by Gasteiger charge is 2.39. The topological polar surface area (TPSA) is 137 Å². The van der Waals surface area contributed by atoms with Gasteiger partial charge in [-0.2, -0.15) is 5.10 Å². The number of hydrogen-bond acceptors (Lipinski definition) is 6. The number of benzene rings is 1. The molecule has 0 unspecified atom stereocenters. The van der Waals surface area contributed by atoms with Gasteiger partial charge in [-0.3, -0.25) is 19.5 Å². The largest absolute Gasteiger partial charge is 0.383 e. The third kappa shape index (κ3) is 4.23. The molecule has 4 rings (SSSR count). The standard InChI is InChI=1S/C23H27N7O3/c1-13(2)22(32)29-12-18(15-7-5-4-6-8-15)30(11-14(29)3)23(33)21(31)27-17-10-25-20(24)16-9-26-28-19(16)17/h4-10,13-14,18H,11-12H2,1-3H3,(H2,24,25)(H,26,28)(H,27,31)/t14-,18-/m1/s1. The summed E-state index contributed by atoms with van der Waals surface area (Å²) >= 11 is 0. The molecule has 33 heavy (non-hydrogen) atoms. The summed E-state index contributed by atoms with van der Waals surface area (Å²) in [6.45, 7) is 6.15. The van der Waals surface area contributed by atoms with E-state index < -0.39 is 17.9 Å². The molecule has 0 aliphatic carbocycles. The number of nitrogen functional groups attached to an aromatic ring is 1. The van der Waals surface area contributed by atoms with E-state index >= 15 is 0 Å². The normalized spacial score (nSPS) is 18.5. The summed E-state index contributed by atoms with van der Waals surface area (Å²) in [5.74, 6) is -1.35. The summed E-state index contributed by atoms with van der Waals surface area (Å²) in [5, 5.41) is 9.89. The smallest absolute Gasteiger partial charge is 0.314 e. The Hall–Kier alpha value is -3.95. The van der Waals surface area contributed by atoms with Gasteiger partial charge in [-0.15, -0.1) is 0 Å². The zero-order valence-electron chi connectivity index (χ0n) is 18.8. The minimum atomic E-state index is -0.797.